The molecule has 2 heterocycles. The molecule has 0 aliphatic carbocycles. The number of fused-ring (bicyclic) bond motifs is 1. The number of hydrogen-bond acceptors (Lipinski definition) is 4. The first-order valence-electron chi connectivity index (χ1n) is 7.56. The van der Waals surface area contributed by atoms with E-state index in [9.17, 15) is 4.79 Å². The van der Waals surface area contributed by atoms with Crippen LogP contribution in [0.5, 0.6) is 0 Å². The minimum Gasteiger partial charge on any atom is -0.465 e. The van der Waals surface area contributed by atoms with E-state index in [4.69, 9.17) is 16.3 Å². The van der Waals surface area contributed by atoms with Crippen molar-refractivity contribution in [2.75, 3.05) is 25.5 Å². The molecule has 0 spiro atoms. The fourth-order valence-electron chi connectivity index (χ4n) is 3.46. The predicted octanol–water partition coefficient (Wildman–Crippen LogP) is 3.17. The molecule has 2 fully saturated rings. The number of carbonyl (C=O) groups excluding carboxylic acids is 1. The number of halogens is 1. The number of nitrogens with zero attached hydrogens (tertiary/aromatic N) is 1. The molecule has 0 radical (unpaired) electrons. The Morgan fingerprint density at radius 2 is 2.24 bits per heavy atom. The van der Waals surface area contributed by atoms with Gasteiger partial charge in [-0.05, 0) is 50.4 Å². The summed E-state index contributed by atoms with van der Waals surface area (Å²) in [6.45, 7) is 2.40. The zero-order chi connectivity index (χ0) is 14.8. The summed E-state index contributed by atoms with van der Waals surface area (Å²) in [6, 6.07) is 6.36. The van der Waals surface area contributed by atoms with E-state index >= 15 is 0 Å². The van der Waals surface area contributed by atoms with Gasteiger partial charge >= 0.3 is 5.97 Å². The van der Waals surface area contributed by atoms with E-state index in [-0.39, 0.29) is 5.97 Å². The van der Waals surface area contributed by atoms with E-state index in [1.807, 2.05) is 0 Å². The molecule has 0 aromatic heterocycles. The largest absolute Gasteiger partial charge is 0.465 e. The van der Waals surface area contributed by atoms with E-state index in [2.05, 4.69) is 10.2 Å². The lowest BCUT2D eigenvalue weighted by atomic mass is 9.97. The zero-order valence-electron chi connectivity index (χ0n) is 12.3. The van der Waals surface area contributed by atoms with E-state index in [0.29, 0.717) is 22.7 Å². The smallest absolute Gasteiger partial charge is 0.337 e. The van der Waals surface area contributed by atoms with Gasteiger partial charge in [0.15, 0.2) is 0 Å². The predicted molar refractivity (Wildman–Crippen MR) is 84.0 cm³/mol. The highest BCUT2D eigenvalue weighted by Gasteiger charge is 2.31. The first kappa shape index (κ1) is 14.7. The molecule has 1 aromatic carbocycles. The second-order valence-corrected chi connectivity index (χ2v) is 6.29. The summed E-state index contributed by atoms with van der Waals surface area (Å²) in [7, 11) is 1.39. The molecular weight excluding hydrogens is 288 g/mol. The Morgan fingerprint density at radius 1 is 1.38 bits per heavy atom. The Kier molecular flexibility index (Phi) is 4.36. The Labute approximate surface area is 130 Å². The van der Waals surface area contributed by atoms with Crippen molar-refractivity contribution in [3.63, 3.8) is 0 Å². The second kappa shape index (κ2) is 6.24. The van der Waals surface area contributed by atoms with E-state index < -0.39 is 0 Å². The fraction of sp³-hybridized carbons (Fsp3) is 0.562. The number of carbonyl (C=O) groups is 1. The minimum atomic E-state index is -0.333. The number of methoxy groups -OCH3 is 1. The van der Waals surface area contributed by atoms with Crippen molar-refractivity contribution in [3.8, 4) is 0 Å². The number of anilines is 1. The van der Waals surface area contributed by atoms with Crippen LogP contribution >= 0.6 is 11.6 Å². The van der Waals surface area contributed by atoms with Gasteiger partial charge in [-0.15, -0.1) is 0 Å². The molecule has 1 N–H and O–H groups in total. The summed E-state index contributed by atoms with van der Waals surface area (Å²) in [5.41, 5.74) is 1.36. The first-order valence-corrected chi connectivity index (χ1v) is 7.93. The number of hydrogen-bond donors (Lipinski definition) is 1. The van der Waals surface area contributed by atoms with Gasteiger partial charge in [0.05, 0.1) is 23.4 Å². The van der Waals surface area contributed by atoms with Crippen molar-refractivity contribution in [2.24, 2.45) is 0 Å². The lowest BCUT2D eigenvalue weighted by molar-refractivity contribution is 0.0601. The van der Waals surface area contributed by atoms with Gasteiger partial charge in [0.25, 0.3) is 0 Å². The third-order valence-electron chi connectivity index (χ3n) is 4.57. The lowest BCUT2D eigenvalue weighted by Gasteiger charge is -2.35. The molecule has 2 aliphatic rings. The maximum Gasteiger partial charge on any atom is 0.337 e. The lowest BCUT2D eigenvalue weighted by Crippen LogP contribution is -2.42. The molecule has 4 nitrogen and oxygen atoms in total. The highest BCUT2D eigenvalue weighted by atomic mass is 35.5. The third kappa shape index (κ3) is 3.16. The Balaban J connectivity index is 1.70. The quantitative estimate of drug-likeness (QED) is 0.871. The van der Waals surface area contributed by atoms with Crippen LogP contribution in [-0.2, 0) is 4.74 Å². The van der Waals surface area contributed by atoms with Gasteiger partial charge in [-0.2, -0.15) is 0 Å². The van der Waals surface area contributed by atoms with Crippen LogP contribution in [0.2, 0.25) is 5.02 Å². The molecule has 114 valence electrons. The van der Waals surface area contributed by atoms with Crippen LogP contribution in [0, 0.1) is 0 Å². The SMILES string of the molecule is COC(=O)c1ccc(Cl)c(NC2CCN3CCCC3C2)c1. The summed E-state index contributed by atoms with van der Waals surface area (Å²) >= 11 is 6.25. The van der Waals surface area contributed by atoms with Gasteiger partial charge in [0.2, 0.25) is 0 Å². The number of ether oxygens (including phenoxy) is 1. The Morgan fingerprint density at radius 3 is 3.05 bits per heavy atom. The topological polar surface area (TPSA) is 41.6 Å². The monoisotopic (exact) mass is 308 g/mol. The zero-order valence-corrected chi connectivity index (χ0v) is 13.0. The summed E-state index contributed by atoms with van der Waals surface area (Å²) in [5.74, 6) is -0.333. The summed E-state index contributed by atoms with van der Waals surface area (Å²) in [4.78, 5) is 14.2. The van der Waals surface area contributed by atoms with Gasteiger partial charge in [0, 0.05) is 18.6 Å². The van der Waals surface area contributed by atoms with Crippen molar-refractivity contribution in [1.29, 1.82) is 0 Å². The van der Waals surface area contributed by atoms with Crippen molar-refractivity contribution in [3.05, 3.63) is 28.8 Å². The van der Waals surface area contributed by atoms with Crippen molar-refractivity contribution in [1.82, 2.24) is 4.90 Å². The summed E-state index contributed by atoms with van der Waals surface area (Å²) < 4.78 is 4.76. The number of rotatable bonds is 3. The molecular formula is C16H21ClN2O2. The van der Waals surface area contributed by atoms with Crippen molar-refractivity contribution >= 4 is 23.3 Å². The Bertz CT molecular complexity index is 535. The standard InChI is InChI=1S/C16H21ClN2O2/c1-21-16(20)11-4-5-14(17)15(9-11)18-12-6-8-19-7-2-3-13(19)10-12/h4-5,9,12-13,18H,2-3,6-8,10H2,1H3. The molecule has 2 atom stereocenters. The van der Waals surface area contributed by atoms with Crippen LogP contribution in [0.3, 0.4) is 0 Å². The van der Waals surface area contributed by atoms with Gasteiger partial charge < -0.3 is 15.0 Å². The van der Waals surface area contributed by atoms with E-state index in [0.717, 1.165) is 25.1 Å². The first-order chi connectivity index (χ1) is 10.2. The average Bonchev–Trinajstić information content (AvgIpc) is 2.96. The fourth-order valence-corrected chi connectivity index (χ4v) is 3.63. The molecule has 0 saturated carbocycles. The highest BCUT2D eigenvalue weighted by molar-refractivity contribution is 6.33. The van der Waals surface area contributed by atoms with Crippen LogP contribution in [0.25, 0.3) is 0 Å². The van der Waals surface area contributed by atoms with Crippen LogP contribution in [0.15, 0.2) is 18.2 Å². The molecule has 5 heteroatoms. The molecule has 2 aliphatic heterocycles. The summed E-state index contributed by atoms with van der Waals surface area (Å²) in [6.07, 6.45) is 4.89. The number of benzene rings is 1. The normalized spacial score (nSPS) is 25.4. The van der Waals surface area contributed by atoms with Crippen LogP contribution < -0.4 is 5.32 Å². The van der Waals surface area contributed by atoms with Gasteiger partial charge in [0.1, 0.15) is 0 Å². The van der Waals surface area contributed by atoms with Gasteiger partial charge in [-0.25, -0.2) is 4.79 Å². The minimum absolute atomic E-state index is 0.333. The van der Waals surface area contributed by atoms with Gasteiger partial charge in [-0.1, -0.05) is 11.6 Å². The molecule has 3 rings (SSSR count). The Hall–Kier alpha value is -1.26. The van der Waals surface area contributed by atoms with Crippen LogP contribution in [-0.4, -0.2) is 43.2 Å². The molecule has 1 aromatic rings. The number of esters is 1. The molecule has 2 saturated heterocycles. The van der Waals surface area contributed by atoms with Crippen LogP contribution in [0.1, 0.15) is 36.0 Å². The average molecular weight is 309 g/mol. The maximum atomic E-state index is 11.6. The number of piperidine rings is 1. The molecule has 0 amide bonds. The third-order valence-corrected chi connectivity index (χ3v) is 4.90. The highest BCUT2D eigenvalue weighted by Crippen LogP contribution is 2.31. The van der Waals surface area contributed by atoms with Crippen LogP contribution in [0.4, 0.5) is 5.69 Å². The maximum absolute atomic E-state index is 11.6. The second-order valence-electron chi connectivity index (χ2n) is 5.88. The van der Waals surface area contributed by atoms with E-state index in [1.165, 1.54) is 26.5 Å². The molecule has 0 bridgehead atoms. The van der Waals surface area contributed by atoms with E-state index in [1.54, 1.807) is 18.2 Å². The summed E-state index contributed by atoms with van der Waals surface area (Å²) in [5, 5.41) is 4.16. The van der Waals surface area contributed by atoms with Crippen molar-refractivity contribution in [2.45, 2.75) is 37.8 Å². The molecule has 21 heavy (non-hydrogen) atoms. The molecule has 2 unspecified atom stereocenters. The van der Waals surface area contributed by atoms with Gasteiger partial charge in [-0.3, -0.25) is 0 Å². The number of nitrogens with one attached hydrogen (secondary N) is 1. The van der Waals surface area contributed by atoms with Crippen molar-refractivity contribution < 1.29 is 9.53 Å².